The minimum Gasteiger partial charge on any atom is -0.393 e. The number of aliphatic hydroxyl groups excluding tert-OH is 1. The van der Waals surface area contributed by atoms with Crippen LogP contribution in [0.3, 0.4) is 0 Å². The van der Waals surface area contributed by atoms with Crippen LogP contribution in [0, 0.1) is 17.3 Å². The second kappa shape index (κ2) is 4.05. The van der Waals surface area contributed by atoms with E-state index in [1.54, 1.807) is 0 Å². The molecule has 0 radical (unpaired) electrons. The van der Waals surface area contributed by atoms with Gasteiger partial charge in [-0.05, 0) is 37.0 Å². The maximum Gasteiger partial charge on any atom is 0.166 e. The van der Waals surface area contributed by atoms with Gasteiger partial charge in [-0.15, -0.1) is 0 Å². The second-order valence-corrected chi connectivity index (χ2v) is 5.74. The minimum atomic E-state index is -0.325. The van der Waals surface area contributed by atoms with Crippen LogP contribution in [-0.2, 0) is 9.59 Å². The van der Waals surface area contributed by atoms with E-state index in [4.69, 9.17) is 0 Å². The lowest BCUT2D eigenvalue weighted by atomic mass is 9.56. The van der Waals surface area contributed by atoms with Gasteiger partial charge in [0.1, 0.15) is 0 Å². The van der Waals surface area contributed by atoms with Crippen LogP contribution in [0.15, 0.2) is 11.6 Å². The third kappa shape index (κ3) is 1.86. The standard InChI is InChI=1S/C14H20O3/c1-8-12(16)5-4-10-6-13(17)11(9(2)15)7-14(8,10)3/h7-8,10,12,16H,4-6H2,1-3H3/t8-,10+,12-,14+/m1/s1. The van der Waals surface area contributed by atoms with Crippen LogP contribution in [0.4, 0.5) is 0 Å². The molecule has 17 heavy (non-hydrogen) atoms. The van der Waals surface area contributed by atoms with Crippen molar-refractivity contribution in [2.75, 3.05) is 0 Å². The van der Waals surface area contributed by atoms with E-state index < -0.39 is 0 Å². The van der Waals surface area contributed by atoms with Crippen molar-refractivity contribution < 1.29 is 14.7 Å². The van der Waals surface area contributed by atoms with Crippen molar-refractivity contribution in [1.82, 2.24) is 0 Å². The second-order valence-electron chi connectivity index (χ2n) is 5.74. The zero-order valence-electron chi connectivity index (χ0n) is 10.7. The molecule has 0 heterocycles. The number of Topliss-reactive ketones (excluding diaryl/α,β-unsaturated/α-hetero) is 2. The number of fused-ring (bicyclic) bond motifs is 1. The number of rotatable bonds is 1. The summed E-state index contributed by atoms with van der Waals surface area (Å²) in [4.78, 5) is 23.3. The van der Waals surface area contributed by atoms with E-state index >= 15 is 0 Å². The number of hydrogen-bond acceptors (Lipinski definition) is 3. The molecule has 1 fully saturated rings. The third-order valence-electron chi connectivity index (χ3n) is 4.82. The fraction of sp³-hybridized carbons (Fsp3) is 0.714. The monoisotopic (exact) mass is 236 g/mol. The number of ketones is 2. The van der Waals surface area contributed by atoms with Crippen molar-refractivity contribution in [3.63, 3.8) is 0 Å². The van der Waals surface area contributed by atoms with Gasteiger partial charge in [-0.25, -0.2) is 0 Å². The molecule has 0 aromatic heterocycles. The molecule has 0 aliphatic heterocycles. The lowest BCUT2D eigenvalue weighted by Gasteiger charge is -2.49. The smallest absolute Gasteiger partial charge is 0.166 e. The molecule has 0 aromatic rings. The van der Waals surface area contributed by atoms with Crippen molar-refractivity contribution >= 4 is 11.6 Å². The van der Waals surface area contributed by atoms with Crippen LogP contribution >= 0.6 is 0 Å². The Bertz CT molecular complexity index is 396. The van der Waals surface area contributed by atoms with Crippen molar-refractivity contribution in [2.45, 2.75) is 46.1 Å². The highest BCUT2D eigenvalue weighted by Crippen LogP contribution is 2.50. The van der Waals surface area contributed by atoms with E-state index in [0.717, 1.165) is 12.8 Å². The molecule has 1 saturated carbocycles. The van der Waals surface area contributed by atoms with Crippen molar-refractivity contribution in [3.05, 3.63) is 11.6 Å². The molecular formula is C14H20O3. The van der Waals surface area contributed by atoms with Gasteiger partial charge in [-0.1, -0.05) is 19.9 Å². The molecule has 1 N–H and O–H groups in total. The Morgan fingerprint density at radius 3 is 2.71 bits per heavy atom. The Morgan fingerprint density at radius 1 is 1.47 bits per heavy atom. The van der Waals surface area contributed by atoms with Crippen molar-refractivity contribution in [3.8, 4) is 0 Å². The molecule has 2 aliphatic rings. The van der Waals surface area contributed by atoms with E-state index in [0.29, 0.717) is 12.0 Å². The average Bonchev–Trinajstić information content (AvgIpc) is 2.26. The molecule has 0 unspecified atom stereocenters. The largest absolute Gasteiger partial charge is 0.393 e. The van der Waals surface area contributed by atoms with E-state index in [9.17, 15) is 14.7 Å². The highest BCUT2D eigenvalue weighted by atomic mass is 16.3. The summed E-state index contributed by atoms with van der Waals surface area (Å²) in [6, 6.07) is 0. The fourth-order valence-electron chi connectivity index (χ4n) is 3.31. The normalized spacial score (nSPS) is 41.8. The molecule has 94 valence electrons. The summed E-state index contributed by atoms with van der Waals surface area (Å²) in [7, 11) is 0. The van der Waals surface area contributed by atoms with Gasteiger partial charge >= 0.3 is 0 Å². The van der Waals surface area contributed by atoms with Crippen LogP contribution in [-0.4, -0.2) is 22.8 Å². The number of allylic oxidation sites excluding steroid dienone is 2. The van der Waals surface area contributed by atoms with Crippen LogP contribution in [0.25, 0.3) is 0 Å². The number of aliphatic hydroxyl groups is 1. The molecule has 0 aromatic carbocycles. The Labute approximate surface area is 102 Å². The molecule has 2 rings (SSSR count). The molecule has 0 bridgehead atoms. The van der Waals surface area contributed by atoms with Gasteiger partial charge in [0.05, 0.1) is 11.7 Å². The van der Waals surface area contributed by atoms with Crippen LogP contribution in [0.2, 0.25) is 0 Å². The molecule has 0 spiro atoms. The van der Waals surface area contributed by atoms with Gasteiger partial charge in [0.25, 0.3) is 0 Å². The first-order chi connectivity index (χ1) is 7.86. The van der Waals surface area contributed by atoms with Crippen LogP contribution in [0.5, 0.6) is 0 Å². The number of carbonyl (C=O) groups excluding carboxylic acids is 2. The van der Waals surface area contributed by atoms with Gasteiger partial charge in [0, 0.05) is 6.42 Å². The number of carbonyl (C=O) groups is 2. The van der Waals surface area contributed by atoms with Crippen molar-refractivity contribution in [2.24, 2.45) is 17.3 Å². The summed E-state index contributed by atoms with van der Waals surface area (Å²) in [5, 5.41) is 9.97. The van der Waals surface area contributed by atoms with E-state index in [2.05, 4.69) is 6.92 Å². The molecule has 3 heteroatoms. The average molecular weight is 236 g/mol. The van der Waals surface area contributed by atoms with Crippen LogP contribution < -0.4 is 0 Å². The Balaban J connectivity index is 2.44. The van der Waals surface area contributed by atoms with Gasteiger partial charge in [0.15, 0.2) is 11.6 Å². The number of hydrogen-bond donors (Lipinski definition) is 1. The highest BCUT2D eigenvalue weighted by Gasteiger charge is 2.48. The minimum absolute atomic E-state index is 0.0245. The third-order valence-corrected chi connectivity index (χ3v) is 4.82. The summed E-state index contributed by atoms with van der Waals surface area (Å²) in [5.41, 5.74) is 0.122. The lowest BCUT2D eigenvalue weighted by molar-refractivity contribution is -0.124. The summed E-state index contributed by atoms with van der Waals surface area (Å²) in [5.74, 6) is 0.200. The topological polar surface area (TPSA) is 54.4 Å². The zero-order chi connectivity index (χ0) is 12.8. The molecular weight excluding hydrogens is 216 g/mol. The maximum atomic E-state index is 11.9. The predicted octanol–water partition coefficient (Wildman–Crippen LogP) is 1.89. The van der Waals surface area contributed by atoms with Gasteiger partial charge in [0.2, 0.25) is 0 Å². The first-order valence-corrected chi connectivity index (χ1v) is 6.31. The first kappa shape index (κ1) is 12.5. The van der Waals surface area contributed by atoms with Gasteiger partial charge in [-0.2, -0.15) is 0 Å². The SMILES string of the molecule is CC(=O)C1=C[C@]2(C)[C@@H](CC[C@@H](O)[C@H]2C)CC1=O. The highest BCUT2D eigenvalue weighted by molar-refractivity contribution is 6.19. The van der Waals surface area contributed by atoms with Gasteiger partial charge in [-0.3, -0.25) is 9.59 Å². The van der Waals surface area contributed by atoms with E-state index in [1.807, 2.05) is 13.0 Å². The molecule has 0 amide bonds. The summed E-state index contributed by atoms with van der Waals surface area (Å²) in [6.45, 7) is 5.53. The summed E-state index contributed by atoms with van der Waals surface area (Å²) < 4.78 is 0. The Hall–Kier alpha value is -0.960. The molecule has 3 nitrogen and oxygen atoms in total. The van der Waals surface area contributed by atoms with Crippen molar-refractivity contribution in [1.29, 1.82) is 0 Å². The fourth-order valence-corrected chi connectivity index (χ4v) is 3.31. The Kier molecular flexibility index (Phi) is 2.98. The quantitative estimate of drug-likeness (QED) is 0.707. The lowest BCUT2D eigenvalue weighted by Crippen LogP contribution is -2.47. The predicted molar refractivity (Wildman–Crippen MR) is 64.4 cm³/mol. The maximum absolute atomic E-state index is 11.9. The summed E-state index contributed by atoms with van der Waals surface area (Å²) in [6.07, 6.45) is 3.60. The molecule has 4 atom stereocenters. The van der Waals surface area contributed by atoms with E-state index in [-0.39, 0.29) is 34.9 Å². The van der Waals surface area contributed by atoms with Gasteiger partial charge < -0.3 is 5.11 Å². The Morgan fingerprint density at radius 2 is 2.12 bits per heavy atom. The first-order valence-electron chi connectivity index (χ1n) is 6.31. The molecule has 2 aliphatic carbocycles. The van der Waals surface area contributed by atoms with E-state index in [1.165, 1.54) is 6.92 Å². The molecule has 0 saturated heterocycles. The summed E-state index contributed by atoms with van der Waals surface area (Å²) >= 11 is 0. The zero-order valence-corrected chi connectivity index (χ0v) is 10.7. The van der Waals surface area contributed by atoms with Crippen LogP contribution in [0.1, 0.15) is 40.0 Å².